The molecule has 1 atom stereocenters. The van der Waals surface area contributed by atoms with Gasteiger partial charge < -0.3 is 5.11 Å². The van der Waals surface area contributed by atoms with E-state index in [9.17, 15) is 4.79 Å². The molecule has 0 spiro atoms. The van der Waals surface area contributed by atoms with E-state index in [0.717, 1.165) is 19.3 Å². The van der Waals surface area contributed by atoms with Gasteiger partial charge in [0.1, 0.15) is 0 Å². The maximum absolute atomic E-state index is 10.8. The lowest BCUT2D eigenvalue weighted by Crippen LogP contribution is -2.12. The largest absolute Gasteiger partial charge is 0.481 e. The van der Waals surface area contributed by atoms with Crippen LogP contribution in [0.25, 0.3) is 5.57 Å². The Labute approximate surface area is 95.6 Å². The van der Waals surface area contributed by atoms with Gasteiger partial charge in [-0.25, -0.2) is 0 Å². The third-order valence-electron chi connectivity index (χ3n) is 3.09. The van der Waals surface area contributed by atoms with Crippen molar-refractivity contribution in [3.05, 3.63) is 42.0 Å². The molecule has 0 amide bonds. The van der Waals surface area contributed by atoms with Crippen molar-refractivity contribution >= 4 is 11.5 Å². The van der Waals surface area contributed by atoms with E-state index in [2.05, 4.69) is 18.2 Å². The van der Waals surface area contributed by atoms with Crippen molar-refractivity contribution in [1.29, 1.82) is 0 Å². The lowest BCUT2D eigenvalue weighted by Gasteiger charge is -2.23. The maximum Gasteiger partial charge on any atom is 0.303 e. The first-order valence-electron chi connectivity index (χ1n) is 5.74. The molecule has 0 heterocycles. The van der Waals surface area contributed by atoms with Crippen molar-refractivity contribution in [1.82, 2.24) is 0 Å². The van der Waals surface area contributed by atoms with Crippen LogP contribution in [0.15, 0.2) is 36.4 Å². The molecule has 84 valence electrons. The Morgan fingerprint density at radius 2 is 2.06 bits per heavy atom. The summed E-state index contributed by atoms with van der Waals surface area (Å²) in [5.74, 6) is -0.512. The fraction of sp³-hybridized carbons (Fsp3) is 0.357. The molecule has 0 radical (unpaired) electrons. The molecule has 1 aromatic carbocycles. The first-order chi connectivity index (χ1) is 7.77. The lowest BCUT2D eigenvalue weighted by atomic mass is 9.82. The van der Waals surface area contributed by atoms with Crippen LogP contribution < -0.4 is 0 Å². The number of carboxylic acid groups (broad SMARTS) is 1. The molecule has 1 aliphatic rings. The van der Waals surface area contributed by atoms with Gasteiger partial charge in [0.25, 0.3) is 0 Å². The minimum atomic E-state index is -0.700. The fourth-order valence-electron chi connectivity index (χ4n) is 2.35. The van der Waals surface area contributed by atoms with Crippen molar-refractivity contribution in [3.8, 4) is 0 Å². The summed E-state index contributed by atoms with van der Waals surface area (Å²) in [5.41, 5.74) is 2.39. The Morgan fingerprint density at radius 1 is 1.31 bits per heavy atom. The van der Waals surface area contributed by atoms with E-state index in [1.165, 1.54) is 11.1 Å². The van der Waals surface area contributed by atoms with E-state index in [4.69, 9.17) is 5.11 Å². The fourth-order valence-corrected chi connectivity index (χ4v) is 2.35. The molecule has 1 aromatic rings. The molecule has 2 rings (SSSR count). The Bertz CT molecular complexity index is 392. The molecule has 1 aliphatic carbocycles. The molecule has 0 aliphatic heterocycles. The summed E-state index contributed by atoms with van der Waals surface area (Å²) in [6.45, 7) is 0. The summed E-state index contributed by atoms with van der Waals surface area (Å²) in [6.07, 6.45) is 5.62. The predicted molar refractivity (Wildman–Crippen MR) is 64.0 cm³/mol. The quantitative estimate of drug-likeness (QED) is 0.841. The number of benzene rings is 1. The summed E-state index contributed by atoms with van der Waals surface area (Å²) in [5, 5.41) is 8.90. The van der Waals surface area contributed by atoms with Gasteiger partial charge >= 0.3 is 5.97 Å². The number of carbonyl (C=O) groups is 1. The molecule has 0 bridgehead atoms. The van der Waals surface area contributed by atoms with Gasteiger partial charge in [0.2, 0.25) is 0 Å². The van der Waals surface area contributed by atoms with Gasteiger partial charge in [0, 0.05) is 0 Å². The van der Waals surface area contributed by atoms with E-state index in [1.807, 2.05) is 18.2 Å². The molecule has 16 heavy (non-hydrogen) atoms. The molecule has 0 unspecified atom stereocenters. The normalized spacial score (nSPS) is 20.2. The van der Waals surface area contributed by atoms with Crippen molar-refractivity contribution < 1.29 is 9.90 Å². The molecule has 1 N–H and O–H groups in total. The average molecular weight is 216 g/mol. The number of aliphatic carboxylic acids is 1. The Kier molecular flexibility index (Phi) is 3.40. The van der Waals surface area contributed by atoms with Crippen LogP contribution in [0.5, 0.6) is 0 Å². The number of rotatable bonds is 3. The molecule has 0 fully saturated rings. The van der Waals surface area contributed by atoms with Crippen molar-refractivity contribution in [3.63, 3.8) is 0 Å². The van der Waals surface area contributed by atoms with Crippen LogP contribution in [0.1, 0.15) is 31.2 Å². The van der Waals surface area contributed by atoms with E-state index >= 15 is 0 Å². The van der Waals surface area contributed by atoms with Crippen molar-refractivity contribution in [2.45, 2.75) is 25.7 Å². The standard InChI is InChI=1S/C14H16O2/c15-14(16)10-12-8-4-5-9-13(12)11-6-2-1-3-7-11/h1-3,6-7,9,12H,4-5,8,10H2,(H,15,16)/t12-/m1/s1. The first-order valence-corrected chi connectivity index (χ1v) is 5.74. The summed E-state index contributed by atoms with van der Waals surface area (Å²) in [7, 11) is 0. The zero-order valence-electron chi connectivity index (χ0n) is 9.23. The van der Waals surface area contributed by atoms with Crippen LogP contribution in [-0.2, 0) is 4.79 Å². The van der Waals surface area contributed by atoms with Gasteiger partial charge in [-0.15, -0.1) is 0 Å². The number of carboxylic acids is 1. The van der Waals surface area contributed by atoms with Gasteiger partial charge in [0.05, 0.1) is 6.42 Å². The Balaban J connectivity index is 2.23. The van der Waals surface area contributed by atoms with Crippen LogP contribution in [0.3, 0.4) is 0 Å². The van der Waals surface area contributed by atoms with E-state index < -0.39 is 5.97 Å². The van der Waals surface area contributed by atoms with Gasteiger partial charge in [-0.3, -0.25) is 4.79 Å². The first kappa shape index (κ1) is 10.9. The van der Waals surface area contributed by atoms with E-state index in [-0.39, 0.29) is 12.3 Å². The Morgan fingerprint density at radius 3 is 2.75 bits per heavy atom. The average Bonchev–Trinajstić information content (AvgIpc) is 2.30. The molecule has 0 aromatic heterocycles. The third-order valence-corrected chi connectivity index (χ3v) is 3.09. The highest BCUT2D eigenvalue weighted by Crippen LogP contribution is 2.34. The van der Waals surface area contributed by atoms with Gasteiger partial charge in [0.15, 0.2) is 0 Å². The molecular weight excluding hydrogens is 200 g/mol. The Hall–Kier alpha value is -1.57. The van der Waals surface area contributed by atoms with Gasteiger partial charge in [-0.2, -0.15) is 0 Å². The molecule has 0 saturated carbocycles. The molecule has 0 saturated heterocycles. The summed E-state index contributed by atoms with van der Waals surface area (Å²) < 4.78 is 0. The molecule has 2 heteroatoms. The van der Waals surface area contributed by atoms with Crippen LogP contribution in [0, 0.1) is 5.92 Å². The lowest BCUT2D eigenvalue weighted by molar-refractivity contribution is -0.137. The minimum Gasteiger partial charge on any atom is -0.481 e. The predicted octanol–water partition coefficient (Wildman–Crippen LogP) is 3.34. The van der Waals surface area contributed by atoms with E-state index in [1.54, 1.807) is 0 Å². The smallest absolute Gasteiger partial charge is 0.303 e. The van der Waals surface area contributed by atoms with Crippen LogP contribution in [0.4, 0.5) is 0 Å². The van der Waals surface area contributed by atoms with Crippen LogP contribution in [0.2, 0.25) is 0 Å². The number of hydrogen-bond acceptors (Lipinski definition) is 1. The second-order valence-corrected chi connectivity index (χ2v) is 4.25. The minimum absolute atomic E-state index is 0.189. The maximum atomic E-state index is 10.8. The molecule has 2 nitrogen and oxygen atoms in total. The van der Waals surface area contributed by atoms with Crippen molar-refractivity contribution in [2.24, 2.45) is 5.92 Å². The van der Waals surface area contributed by atoms with Crippen LogP contribution >= 0.6 is 0 Å². The summed E-state index contributed by atoms with van der Waals surface area (Å²) >= 11 is 0. The SMILES string of the molecule is O=C(O)C[C@H]1CCCC=C1c1ccccc1. The number of hydrogen-bond donors (Lipinski definition) is 1. The van der Waals surface area contributed by atoms with Crippen molar-refractivity contribution in [2.75, 3.05) is 0 Å². The van der Waals surface area contributed by atoms with Gasteiger partial charge in [-0.05, 0) is 36.3 Å². The highest BCUT2D eigenvalue weighted by molar-refractivity contribution is 5.75. The zero-order valence-corrected chi connectivity index (χ0v) is 9.23. The third kappa shape index (κ3) is 2.51. The van der Waals surface area contributed by atoms with Gasteiger partial charge in [-0.1, -0.05) is 36.4 Å². The monoisotopic (exact) mass is 216 g/mol. The highest BCUT2D eigenvalue weighted by Gasteiger charge is 2.21. The molecular formula is C14H16O2. The zero-order chi connectivity index (χ0) is 11.4. The second kappa shape index (κ2) is 4.97. The number of allylic oxidation sites excluding steroid dienone is 2. The topological polar surface area (TPSA) is 37.3 Å². The van der Waals surface area contributed by atoms with Crippen LogP contribution in [-0.4, -0.2) is 11.1 Å². The summed E-state index contributed by atoms with van der Waals surface area (Å²) in [6, 6.07) is 10.1. The second-order valence-electron chi connectivity index (χ2n) is 4.25. The van der Waals surface area contributed by atoms with E-state index in [0.29, 0.717) is 0 Å². The highest BCUT2D eigenvalue weighted by atomic mass is 16.4. The summed E-state index contributed by atoms with van der Waals surface area (Å²) in [4.78, 5) is 10.8.